The van der Waals surface area contributed by atoms with Crippen molar-refractivity contribution >= 4 is 33.3 Å². The summed E-state index contributed by atoms with van der Waals surface area (Å²) in [7, 11) is -2.97. The van der Waals surface area contributed by atoms with Crippen LogP contribution in [-0.2, 0) is 16.0 Å². The van der Waals surface area contributed by atoms with E-state index in [0.717, 1.165) is 36.7 Å². The van der Waals surface area contributed by atoms with Gasteiger partial charge in [0.15, 0.2) is 0 Å². The van der Waals surface area contributed by atoms with E-state index in [1.54, 1.807) is 12.1 Å². The third kappa shape index (κ3) is 6.88. The maximum absolute atomic E-state index is 14.1. The second-order valence-electron chi connectivity index (χ2n) is 9.25. The topological polar surface area (TPSA) is 129 Å². The quantitative estimate of drug-likeness (QED) is 0.413. The molecule has 1 aliphatic heterocycles. The van der Waals surface area contributed by atoms with E-state index >= 15 is 0 Å². The highest BCUT2D eigenvalue weighted by molar-refractivity contribution is 7.90. The Morgan fingerprint density at radius 3 is 2.34 bits per heavy atom. The molecule has 0 saturated carbocycles. The lowest BCUT2D eigenvalue weighted by Crippen LogP contribution is -2.39. The van der Waals surface area contributed by atoms with Crippen LogP contribution >= 0.6 is 11.6 Å². The fourth-order valence-corrected chi connectivity index (χ4v) is 5.43. The van der Waals surface area contributed by atoms with Crippen molar-refractivity contribution in [3.05, 3.63) is 47.0 Å². The second kappa shape index (κ2) is 11.0. The van der Waals surface area contributed by atoms with Crippen LogP contribution < -0.4 is 16.2 Å². The second-order valence-corrected chi connectivity index (χ2v) is 11.9. The summed E-state index contributed by atoms with van der Waals surface area (Å²) in [6.45, 7) is 2.28. The average molecular weight is 573 g/mol. The summed E-state index contributed by atoms with van der Waals surface area (Å²) in [5.74, 6) is 0.364. The molecule has 9 nitrogen and oxygen atoms in total. The molecule has 0 radical (unpaired) electrons. The number of halogens is 4. The maximum atomic E-state index is 14.1. The Bertz CT molecular complexity index is 1390. The van der Waals surface area contributed by atoms with Gasteiger partial charge in [-0.25, -0.2) is 8.42 Å². The van der Waals surface area contributed by atoms with Crippen LogP contribution in [0.5, 0.6) is 5.75 Å². The van der Waals surface area contributed by atoms with E-state index in [1.807, 2.05) is 0 Å². The van der Waals surface area contributed by atoms with Crippen molar-refractivity contribution in [3.8, 4) is 22.6 Å². The summed E-state index contributed by atoms with van der Waals surface area (Å²) in [6, 6.07) is 8.54. The van der Waals surface area contributed by atoms with Crippen molar-refractivity contribution < 1.29 is 26.3 Å². The summed E-state index contributed by atoms with van der Waals surface area (Å²) in [5.41, 5.74) is 10.3. The Balaban J connectivity index is 1.47. The third-order valence-corrected chi connectivity index (χ3v) is 7.57. The molecule has 2 aromatic carbocycles. The number of piperidine rings is 1. The van der Waals surface area contributed by atoms with Crippen LogP contribution in [0.1, 0.15) is 24.8 Å². The molecule has 38 heavy (non-hydrogen) atoms. The minimum absolute atomic E-state index is 0.0182. The van der Waals surface area contributed by atoms with E-state index in [-0.39, 0.29) is 45.6 Å². The summed E-state index contributed by atoms with van der Waals surface area (Å²) < 4.78 is 71.8. The molecule has 0 amide bonds. The number of alkyl halides is 3. The van der Waals surface area contributed by atoms with Gasteiger partial charge in [0, 0.05) is 24.9 Å². The van der Waals surface area contributed by atoms with Crippen molar-refractivity contribution in [2.24, 2.45) is 0 Å². The Morgan fingerprint density at radius 1 is 1.13 bits per heavy atom. The highest BCUT2D eigenvalue weighted by atomic mass is 35.5. The summed E-state index contributed by atoms with van der Waals surface area (Å²) in [5, 5.41) is 3.69. The van der Waals surface area contributed by atoms with E-state index in [0.29, 0.717) is 18.7 Å². The molecular formula is C24H28ClF3N6O3S. The minimum atomic E-state index is -4.71. The van der Waals surface area contributed by atoms with E-state index in [4.69, 9.17) is 27.8 Å². The molecule has 0 aliphatic carbocycles. The van der Waals surface area contributed by atoms with Crippen molar-refractivity contribution in [1.82, 2.24) is 19.7 Å². The van der Waals surface area contributed by atoms with Gasteiger partial charge in [-0.1, -0.05) is 23.7 Å². The smallest absolute Gasteiger partial charge is 0.417 e. The number of hydrogen-bond acceptors (Lipinski definition) is 8. The van der Waals surface area contributed by atoms with Gasteiger partial charge in [-0.05, 0) is 55.6 Å². The van der Waals surface area contributed by atoms with Crippen molar-refractivity contribution in [2.75, 3.05) is 43.1 Å². The molecule has 0 atom stereocenters. The van der Waals surface area contributed by atoms with E-state index in [9.17, 15) is 21.6 Å². The molecule has 0 spiro atoms. The van der Waals surface area contributed by atoms with Gasteiger partial charge in [-0.3, -0.25) is 0 Å². The van der Waals surface area contributed by atoms with E-state index < -0.39 is 21.6 Å². The average Bonchev–Trinajstić information content (AvgIpc) is 3.17. The largest absolute Gasteiger partial charge is 0.490 e. The van der Waals surface area contributed by atoms with Gasteiger partial charge in [0.25, 0.3) is 0 Å². The van der Waals surface area contributed by atoms with Gasteiger partial charge in [-0.15, -0.1) is 5.10 Å². The first-order valence-electron chi connectivity index (χ1n) is 11.9. The molecule has 0 bridgehead atoms. The summed E-state index contributed by atoms with van der Waals surface area (Å²) in [6.07, 6.45) is -1.39. The number of likely N-dealkylation sites (tertiary alicyclic amines) is 1. The Kier molecular flexibility index (Phi) is 8.09. The molecule has 206 valence electrons. The number of sulfone groups is 1. The minimum Gasteiger partial charge on any atom is -0.490 e. The van der Waals surface area contributed by atoms with Crippen LogP contribution in [-0.4, -0.2) is 65.8 Å². The molecule has 14 heteroatoms. The maximum Gasteiger partial charge on any atom is 0.417 e. The predicted octanol–water partition coefficient (Wildman–Crippen LogP) is 4.05. The van der Waals surface area contributed by atoms with Gasteiger partial charge in [0.05, 0.1) is 22.0 Å². The number of aromatic nitrogens is 3. The van der Waals surface area contributed by atoms with E-state index in [2.05, 4.69) is 15.0 Å². The first-order chi connectivity index (χ1) is 17.8. The van der Waals surface area contributed by atoms with Crippen molar-refractivity contribution in [3.63, 3.8) is 0 Å². The standard InChI is InChI=1S/C24H28ClF3N6O3S/c1-38(35,36)12-2-9-33-10-7-18(8-11-33)37-17-5-3-15(4-6-17)21-19(24(26,27)28)13-16(14-20(21)25)34-23(30)31-22(29)32-34/h3-6,13-14,18H,2,7-12H2,1H3,(H4,29,30,31,32). The first-order valence-corrected chi connectivity index (χ1v) is 14.3. The van der Waals surface area contributed by atoms with Crippen molar-refractivity contribution in [1.29, 1.82) is 0 Å². The Labute approximate surface area is 223 Å². The molecule has 4 rings (SSSR count). The van der Waals surface area contributed by atoms with Gasteiger partial charge in [0.1, 0.15) is 21.7 Å². The molecule has 2 heterocycles. The molecule has 1 saturated heterocycles. The molecule has 1 aromatic heterocycles. The molecule has 3 aromatic rings. The molecule has 1 fully saturated rings. The summed E-state index contributed by atoms with van der Waals surface area (Å²) >= 11 is 6.35. The number of hydrogen-bond donors (Lipinski definition) is 2. The normalized spacial score (nSPS) is 15.6. The van der Waals surface area contributed by atoms with Gasteiger partial charge < -0.3 is 21.1 Å². The van der Waals surface area contributed by atoms with Gasteiger partial charge >= 0.3 is 6.18 Å². The van der Waals surface area contributed by atoms with Gasteiger partial charge in [0.2, 0.25) is 11.9 Å². The monoisotopic (exact) mass is 572 g/mol. The number of ether oxygens (including phenoxy) is 1. The fraction of sp³-hybridized carbons (Fsp3) is 0.417. The SMILES string of the molecule is CS(=O)(=O)CCCN1CCC(Oc2ccc(-c3c(Cl)cc(-n4nc(N)nc4N)cc3C(F)(F)F)cc2)CC1. The number of nitrogens with two attached hydrogens (primary N) is 2. The zero-order chi connectivity index (χ0) is 27.7. The molecule has 0 unspecified atom stereocenters. The van der Waals surface area contributed by atoms with Crippen LogP contribution in [0.2, 0.25) is 5.02 Å². The molecule has 4 N–H and O–H groups in total. The lowest BCUT2D eigenvalue weighted by Gasteiger charge is -2.32. The highest BCUT2D eigenvalue weighted by Gasteiger charge is 2.36. The summed E-state index contributed by atoms with van der Waals surface area (Å²) in [4.78, 5) is 5.93. The van der Waals surface area contributed by atoms with E-state index in [1.165, 1.54) is 24.5 Å². The van der Waals surface area contributed by atoms with Crippen LogP contribution in [0.3, 0.4) is 0 Å². The zero-order valence-electron chi connectivity index (χ0n) is 20.6. The Hall–Kier alpha value is -3.03. The zero-order valence-corrected chi connectivity index (χ0v) is 22.2. The highest BCUT2D eigenvalue weighted by Crippen LogP contribution is 2.43. The number of nitrogens with zero attached hydrogens (tertiary/aromatic N) is 4. The van der Waals surface area contributed by atoms with Crippen LogP contribution in [0, 0.1) is 0 Å². The number of rotatable bonds is 8. The van der Waals surface area contributed by atoms with Crippen LogP contribution in [0.25, 0.3) is 16.8 Å². The van der Waals surface area contributed by atoms with Crippen molar-refractivity contribution in [2.45, 2.75) is 31.5 Å². The number of nitrogen functional groups attached to an aromatic ring is 2. The third-order valence-electron chi connectivity index (χ3n) is 6.24. The van der Waals surface area contributed by atoms with Gasteiger partial charge in [-0.2, -0.15) is 22.8 Å². The molecule has 1 aliphatic rings. The fourth-order valence-electron chi connectivity index (χ4n) is 4.46. The Morgan fingerprint density at radius 2 is 1.79 bits per heavy atom. The van der Waals surface area contributed by atoms with Crippen LogP contribution in [0.4, 0.5) is 25.1 Å². The van der Waals surface area contributed by atoms with Crippen LogP contribution in [0.15, 0.2) is 36.4 Å². The number of anilines is 2. The predicted molar refractivity (Wildman–Crippen MR) is 140 cm³/mol. The first kappa shape index (κ1) is 28.0. The number of benzene rings is 2. The lowest BCUT2D eigenvalue weighted by atomic mass is 9.98. The molecular weight excluding hydrogens is 545 g/mol. The lowest BCUT2D eigenvalue weighted by molar-refractivity contribution is -0.137.